The summed E-state index contributed by atoms with van der Waals surface area (Å²) in [5.41, 5.74) is 3.07. The van der Waals surface area contributed by atoms with Gasteiger partial charge < -0.3 is 38.3 Å². The summed E-state index contributed by atoms with van der Waals surface area (Å²) in [6.07, 6.45) is 1.06. The first-order valence-electron chi connectivity index (χ1n) is 15.9. The summed E-state index contributed by atoms with van der Waals surface area (Å²) >= 11 is 0. The third kappa shape index (κ3) is 8.33. The molecule has 6 atom stereocenters. The van der Waals surface area contributed by atoms with E-state index in [1.165, 1.54) is 6.42 Å². The highest BCUT2D eigenvalue weighted by atomic mass is 16.8. The highest BCUT2D eigenvalue weighted by molar-refractivity contribution is 5.15. The van der Waals surface area contributed by atoms with Gasteiger partial charge in [-0.15, -0.1) is 0 Å². The van der Waals surface area contributed by atoms with Crippen LogP contribution in [0.2, 0.25) is 0 Å². The summed E-state index contributed by atoms with van der Waals surface area (Å²) in [5, 5.41) is 11.6. The molecule has 1 saturated carbocycles. The van der Waals surface area contributed by atoms with Crippen LogP contribution in [-0.2, 0) is 53.0 Å². The van der Waals surface area contributed by atoms with Crippen LogP contribution in [0.1, 0.15) is 48.8 Å². The zero-order valence-corrected chi connectivity index (χ0v) is 25.2. The monoisotopic (exact) mass is 604 g/mol. The summed E-state index contributed by atoms with van der Waals surface area (Å²) in [4.78, 5) is 0. The van der Waals surface area contributed by atoms with E-state index < -0.39 is 36.5 Å². The molecule has 2 heterocycles. The highest BCUT2D eigenvalue weighted by Crippen LogP contribution is 2.38. The normalized spacial score (nSPS) is 28.3. The van der Waals surface area contributed by atoms with Gasteiger partial charge in [-0.05, 0) is 29.5 Å². The largest absolute Gasteiger partial charge is 0.385 e. The van der Waals surface area contributed by atoms with Crippen molar-refractivity contribution in [3.63, 3.8) is 0 Å². The average molecular weight is 605 g/mol. The molecule has 8 nitrogen and oxygen atoms in total. The average Bonchev–Trinajstić information content (AvgIpc) is 3.46. The predicted molar refractivity (Wildman–Crippen MR) is 163 cm³/mol. The molecule has 44 heavy (non-hydrogen) atoms. The molecule has 3 fully saturated rings. The van der Waals surface area contributed by atoms with Crippen LogP contribution in [0.4, 0.5) is 0 Å². The van der Waals surface area contributed by atoms with Crippen molar-refractivity contribution in [3.05, 3.63) is 108 Å². The van der Waals surface area contributed by atoms with Gasteiger partial charge in [-0.1, -0.05) is 97.4 Å². The van der Waals surface area contributed by atoms with E-state index >= 15 is 0 Å². The van der Waals surface area contributed by atoms with Gasteiger partial charge in [-0.25, -0.2) is 0 Å². The number of benzene rings is 3. The van der Waals surface area contributed by atoms with Crippen LogP contribution in [0.3, 0.4) is 0 Å². The second-order valence-electron chi connectivity index (χ2n) is 11.9. The molecule has 3 aromatic rings. The Kier molecular flexibility index (Phi) is 11.1. The Bertz CT molecular complexity index is 1240. The Morgan fingerprint density at radius 1 is 0.659 bits per heavy atom. The van der Waals surface area contributed by atoms with Gasteiger partial charge in [0, 0.05) is 12.8 Å². The molecular weight excluding hydrogens is 560 g/mol. The topological polar surface area (TPSA) is 84.8 Å². The van der Waals surface area contributed by atoms with E-state index in [4.69, 9.17) is 33.2 Å². The summed E-state index contributed by atoms with van der Waals surface area (Å²) in [6, 6.07) is 29.9. The van der Waals surface area contributed by atoms with Crippen molar-refractivity contribution in [2.75, 3.05) is 19.8 Å². The molecule has 1 N–H and O–H groups in total. The van der Waals surface area contributed by atoms with Crippen LogP contribution < -0.4 is 0 Å². The maximum Gasteiger partial charge on any atom is 0.186 e. The van der Waals surface area contributed by atoms with Gasteiger partial charge >= 0.3 is 0 Å². The van der Waals surface area contributed by atoms with Gasteiger partial charge in [0.1, 0.15) is 30.5 Å². The summed E-state index contributed by atoms with van der Waals surface area (Å²) in [5.74, 6) is -0.496. The Labute approximate surface area is 260 Å². The molecule has 1 aliphatic carbocycles. The van der Waals surface area contributed by atoms with Crippen molar-refractivity contribution in [3.8, 4) is 0 Å². The lowest BCUT2D eigenvalue weighted by Crippen LogP contribution is -2.61. The molecule has 0 bridgehead atoms. The van der Waals surface area contributed by atoms with E-state index in [-0.39, 0.29) is 19.3 Å². The summed E-state index contributed by atoms with van der Waals surface area (Å²) in [6.45, 7) is 2.00. The van der Waals surface area contributed by atoms with E-state index in [0.29, 0.717) is 26.4 Å². The van der Waals surface area contributed by atoms with Gasteiger partial charge in [-0.3, -0.25) is 0 Å². The molecule has 0 radical (unpaired) electrons. The minimum atomic E-state index is -1.10. The number of aliphatic hydroxyl groups excluding tert-OH is 1. The molecule has 3 aliphatic rings. The van der Waals surface area contributed by atoms with E-state index in [2.05, 4.69) is 0 Å². The minimum absolute atomic E-state index is 0.229. The van der Waals surface area contributed by atoms with E-state index in [1.54, 1.807) is 0 Å². The Morgan fingerprint density at radius 2 is 1.23 bits per heavy atom. The van der Waals surface area contributed by atoms with Crippen LogP contribution in [0.5, 0.6) is 0 Å². The summed E-state index contributed by atoms with van der Waals surface area (Å²) in [7, 11) is 0. The molecule has 0 amide bonds. The Balaban J connectivity index is 1.17. The first-order chi connectivity index (χ1) is 21.7. The third-order valence-electron chi connectivity index (χ3n) is 8.55. The molecule has 2 saturated heterocycles. The number of hydrogen-bond acceptors (Lipinski definition) is 8. The quantitative estimate of drug-likeness (QED) is 0.272. The second-order valence-corrected chi connectivity index (χ2v) is 11.9. The summed E-state index contributed by atoms with van der Waals surface area (Å²) < 4.78 is 44.1. The lowest BCUT2D eigenvalue weighted by atomic mass is 9.94. The Morgan fingerprint density at radius 3 is 1.84 bits per heavy atom. The van der Waals surface area contributed by atoms with Crippen LogP contribution in [0.15, 0.2) is 91.0 Å². The first kappa shape index (κ1) is 31.3. The SMILES string of the molecule is O[C@H]1[C@@H](OC[C@H]2COC3(CCCCC3)O2)O[C@H](COCc2ccccc2)[C@@H](OCc2ccccc2)[C@@H]1OCc1ccccc1. The van der Waals surface area contributed by atoms with Crippen LogP contribution in [0.25, 0.3) is 0 Å². The molecule has 3 aromatic carbocycles. The van der Waals surface area contributed by atoms with Crippen molar-refractivity contribution in [2.45, 2.75) is 94.5 Å². The maximum absolute atomic E-state index is 11.6. The van der Waals surface area contributed by atoms with Gasteiger partial charge in [0.05, 0.1) is 39.6 Å². The zero-order chi connectivity index (χ0) is 30.0. The number of rotatable bonds is 13. The molecule has 1 spiro atoms. The Hall–Kier alpha value is -2.66. The second kappa shape index (κ2) is 15.6. The van der Waals surface area contributed by atoms with Crippen LogP contribution >= 0.6 is 0 Å². The smallest absolute Gasteiger partial charge is 0.186 e. The maximum atomic E-state index is 11.6. The van der Waals surface area contributed by atoms with Crippen molar-refractivity contribution in [2.24, 2.45) is 0 Å². The molecule has 236 valence electrons. The molecule has 2 aliphatic heterocycles. The van der Waals surface area contributed by atoms with E-state index in [1.807, 2.05) is 91.0 Å². The number of ether oxygens (including phenoxy) is 7. The number of hydrogen-bond donors (Lipinski definition) is 1. The minimum Gasteiger partial charge on any atom is -0.385 e. The van der Waals surface area contributed by atoms with E-state index in [9.17, 15) is 5.11 Å². The molecule has 0 unspecified atom stereocenters. The van der Waals surface area contributed by atoms with Crippen molar-refractivity contribution >= 4 is 0 Å². The molecule has 0 aromatic heterocycles. The number of aliphatic hydroxyl groups is 1. The standard InChI is InChI=1S/C36H44O8/c37-32-34(40-23-29-17-9-3-10-18-29)33(39-22-28-15-7-2-8-16-28)31(26-38-21-27-13-5-1-6-14-27)43-35(32)41-24-30-25-42-36(44-30)19-11-4-12-20-36/h1-3,5-10,13-18,30-35,37H,4,11-12,19-26H2/t30-,31+,32+,33+,34+,35-/m0/s1. The van der Waals surface area contributed by atoms with Gasteiger partial charge in [0.2, 0.25) is 0 Å². The fraction of sp³-hybridized carbons (Fsp3) is 0.500. The molecule has 6 rings (SSSR count). The fourth-order valence-corrected chi connectivity index (χ4v) is 6.21. The first-order valence-corrected chi connectivity index (χ1v) is 15.9. The lowest BCUT2D eigenvalue weighted by Gasteiger charge is -2.44. The lowest BCUT2D eigenvalue weighted by molar-refractivity contribution is -0.322. The fourth-order valence-electron chi connectivity index (χ4n) is 6.21. The van der Waals surface area contributed by atoms with Crippen molar-refractivity contribution in [1.29, 1.82) is 0 Å². The van der Waals surface area contributed by atoms with Gasteiger partial charge in [-0.2, -0.15) is 0 Å². The highest BCUT2D eigenvalue weighted by Gasteiger charge is 2.49. The van der Waals surface area contributed by atoms with Crippen molar-refractivity contribution < 1.29 is 38.3 Å². The van der Waals surface area contributed by atoms with Crippen LogP contribution in [0, 0.1) is 0 Å². The van der Waals surface area contributed by atoms with E-state index in [0.717, 1.165) is 42.4 Å². The van der Waals surface area contributed by atoms with Crippen LogP contribution in [-0.4, -0.2) is 67.5 Å². The molecule has 8 heteroatoms. The third-order valence-corrected chi connectivity index (χ3v) is 8.55. The predicted octanol–water partition coefficient (Wildman–Crippen LogP) is 5.55. The zero-order valence-electron chi connectivity index (χ0n) is 25.2. The molecular formula is C36H44O8. The van der Waals surface area contributed by atoms with Gasteiger partial charge in [0.25, 0.3) is 0 Å². The van der Waals surface area contributed by atoms with Crippen molar-refractivity contribution in [1.82, 2.24) is 0 Å². The van der Waals surface area contributed by atoms with Gasteiger partial charge in [0.15, 0.2) is 12.1 Å².